The van der Waals surface area contributed by atoms with Gasteiger partial charge in [-0.05, 0) is 30.5 Å². The first kappa shape index (κ1) is 22.0. The standard InChI is InChI=1S/C17H29N3O2.HI/c1-13(2)12-22-16-8-6-15(7-9-16)14(3)20-17(18-4)19-10-11-21-5;/h6-9,13-14H,10-12H2,1-5H3,(H2,18,19,20);1H. The van der Waals surface area contributed by atoms with Gasteiger partial charge in [-0.3, -0.25) is 4.99 Å². The number of nitrogens with zero attached hydrogens (tertiary/aromatic N) is 1. The highest BCUT2D eigenvalue weighted by atomic mass is 127. The Kier molecular flexibility index (Phi) is 11.9. The van der Waals surface area contributed by atoms with Gasteiger partial charge in [0.2, 0.25) is 0 Å². The first-order valence-corrected chi connectivity index (χ1v) is 7.75. The Bertz CT molecular complexity index is 450. The lowest BCUT2D eigenvalue weighted by Gasteiger charge is -2.18. The predicted octanol–water partition coefficient (Wildman–Crippen LogP) is 3.21. The van der Waals surface area contributed by atoms with E-state index in [0.29, 0.717) is 12.5 Å². The Balaban J connectivity index is 0.00000484. The van der Waals surface area contributed by atoms with Crippen LogP contribution in [0.15, 0.2) is 29.3 Å². The minimum absolute atomic E-state index is 0. The molecule has 0 saturated carbocycles. The van der Waals surface area contributed by atoms with Crippen LogP contribution < -0.4 is 15.4 Å². The zero-order valence-electron chi connectivity index (χ0n) is 14.8. The fourth-order valence-corrected chi connectivity index (χ4v) is 1.87. The molecule has 0 aromatic heterocycles. The maximum atomic E-state index is 5.70. The van der Waals surface area contributed by atoms with E-state index in [2.05, 4.69) is 48.5 Å². The molecule has 1 aromatic carbocycles. The second-order valence-electron chi connectivity index (χ2n) is 5.63. The van der Waals surface area contributed by atoms with Crippen LogP contribution in [0.3, 0.4) is 0 Å². The molecule has 0 aliphatic rings. The van der Waals surface area contributed by atoms with Gasteiger partial charge in [0.1, 0.15) is 5.75 Å². The number of guanidine groups is 1. The highest BCUT2D eigenvalue weighted by Gasteiger charge is 2.08. The van der Waals surface area contributed by atoms with E-state index < -0.39 is 0 Å². The first-order valence-electron chi connectivity index (χ1n) is 7.75. The van der Waals surface area contributed by atoms with Crippen molar-refractivity contribution in [3.05, 3.63) is 29.8 Å². The summed E-state index contributed by atoms with van der Waals surface area (Å²) in [5.41, 5.74) is 1.19. The maximum Gasteiger partial charge on any atom is 0.191 e. The van der Waals surface area contributed by atoms with Gasteiger partial charge < -0.3 is 20.1 Å². The van der Waals surface area contributed by atoms with E-state index in [9.17, 15) is 0 Å². The average molecular weight is 435 g/mol. The van der Waals surface area contributed by atoms with Gasteiger partial charge in [-0.2, -0.15) is 0 Å². The fourth-order valence-electron chi connectivity index (χ4n) is 1.87. The molecule has 0 heterocycles. The van der Waals surface area contributed by atoms with Crippen LogP contribution in [0.4, 0.5) is 0 Å². The van der Waals surface area contributed by atoms with Crippen molar-refractivity contribution < 1.29 is 9.47 Å². The first-order chi connectivity index (χ1) is 10.6. The van der Waals surface area contributed by atoms with Gasteiger partial charge >= 0.3 is 0 Å². The molecule has 0 aliphatic carbocycles. The van der Waals surface area contributed by atoms with Crippen LogP contribution >= 0.6 is 24.0 Å². The van der Waals surface area contributed by atoms with Crippen molar-refractivity contribution in [3.8, 4) is 5.75 Å². The number of aliphatic imine (C=N–C) groups is 1. The second kappa shape index (κ2) is 12.4. The van der Waals surface area contributed by atoms with Crippen molar-refractivity contribution in [1.82, 2.24) is 10.6 Å². The fraction of sp³-hybridized carbons (Fsp3) is 0.588. The van der Waals surface area contributed by atoms with Gasteiger partial charge in [0.05, 0.1) is 19.3 Å². The average Bonchev–Trinajstić information content (AvgIpc) is 2.52. The third-order valence-electron chi connectivity index (χ3n) is 3.14. The maximum absolute atomic E-state index is 5.70. The number of nitrogens with one attached hydrogen (secondary N) is 2. The molecule has 1 unspecified atom stereocenters. The Morgan fingerprint density at radius 3 is 2.35 bits per heavy atom. The third kappa shape index (κ3) is 9.00. The summed E-state index contributed by atoms with van der Waals surface area (Å²) in [6, 6.07) is 8.34. The van der Waals surface area contributed by atoms with E-state index in [1.807, 2.05) is 12.1 Å². The lowest BCUT2D eigenvalue weighted by Crippen LogP contribution is -2.40. The van der Waals surface area contributed by atoms with Crippen LogP contribution in [0.5, 0.6) is 5.75 Å². The van der Waals surface area contributed by atoms with Gasteiger partial charge in [0.25, 0.3) is 0 Å². The quantitative estimate of drug-likeness (QED) is 0.285. The summed E-state index contributed by atoms with van der Waals surface area (Å²) in [5, 5.41) is 6.56. The van der Waals surface area contributed by atoms with Crippen molar-refractivity contribution in [2.24, 2.45) is 10.9 Å². The summed E-state index contributed by atoms with van der Waals surface area (Å²) in [6.45, 7) is 8.50. The molecule has 0 radical (unpaired) electrons. The highest BCUT2D eigenvalue weighted by molar-refractivity contribution is 14.0. The van der Waals surface area contributed by atoms with Gasteiger partial charge in [0, 0.05) is 20.7 Å². The Hall–Kier alpha value is -1.02. The Morgan fingerprint density at radius 1 is 1.17 bits per heavy atom. The number of ether oxygens (including phenoxy) is 2. The highest BCUT2D eigenvalue weighted by Crippen LogP contribution is 2.18. The molecule has 0 aliphatic heterocycles. The van der Waals surface area contributed by atoms with Crippen molar-refractivity contribution in [1.29, 1.82) is 0 Å². The van der Waals surface area contributed by atoms with E-state index in [-0.39, 0.29) is 30.0 Å². The van der Waals surface area contributed by atoms with E-state index in [1.54, 1.807) is 14.2 Å². The summed E-state index contributed by atoms with van der Waals surface area (Å²) in [4.78, 5) is 4.21. The van der Waals surface area contributed by atoms with Gasteiger partial charge in [-0.1, -0.05) is 26.0 Å². The summed E-state index contributed by atoms with van der Waals surface area (Å²) >= 11 is 0. The number of hydrogen-bond donors (Lipinski definition) is 2. The van der Waals surface area contributed by atoms with Gasteiger partial charge in [0.15, 0.2) is 5.96 Å². The van der Waals surface area contributed by atoms with Crippen molar-refractivity contribution >= 4 is 29.9 Å². The molecule has 0 saturated heterocycles. The summed E-state index contributed by atoms with van der Waals surface area (Å²) in [6.07, 6.45) is 0. The Labute approximate surface area is 157 Å². The van der Waals surface area contributed by atoms with Crippen LogP contribution in [0.2, 0.25) is 0 Å². The van der Waals surface area contributed by atoms with E-state index >= 15 is 0 Å². The molecule has 1 aromatic rings. The molecule has 1 rings (SSSR count). The molecular formula is C17H30IN3O2. The molecule has 0 amide bonds. The monoisotopic (exact) mass is 435 g/mol. The van der Waals surface area contributed by atoms with Gasteiger partial charge in [-0.15, -0.1) is 24.0 Å². The van der Waals surface area contributed by atoms with Crippen LogP contribution in [0.25, 0.3) is 0 Å². The molecule has 0 bridgehead atoms. The van der Waals surface area contributed by atoms with Gasteiger partial charge in [-0.25, -0.2) is 0 Å². The molecule has 0 fully saturated rings. The second-order valence-corrected chi connectivity index (χ2v) is 5.63. The Morgan fingerprint density at radius 2 is 1.83 bits per heavy atom. The van der Waals surface area contributed by atoms with E-state index in [0.717, 1.165) is 24.9 Å². The largest absolute Gasteiger partial charge is 0.493 e. The van der Waals surface area contributed by atoms with Crippen LogP contribution in [0.1, 0.15) is 32.4 Å². The molecular weight excluding hydrogens is 405 g/mol. The van der Waals surface area contributed by atoms with Crippen LogP contribution in [0, 0.1) is 5.92 Å². The molecule has 132 valence electrons. The smallest absolute Gasteiger partial charge is 0.191 e. The molecule has 6 heteroatoms. The SMILES string of the molecule is CN=C(NCCOC)NC(C)c1ccc(OCC(C)C)cc1.I. The number of hydrogen-bond acceptors (Lipinski definition) is 3. The minimum Gasteiger partial charge on any atom is -0.493 e. The summed E-state index contributed by atoms with van der Waals surface area (Å²) in [7, 11) is 3.45. The van der Waals surface area contributed by atoms with Crippen molar-refractivity contribution in [3.63, 3.8) is 0 Å². The zero-order chi connectivity index (χ0) is 16.4. The molecule has 1 atom stereocenters. The number of methoxy groups -OCH3 is 1. The van der Waals surface area contributed by atoms with E-state index in [4.69, 9.17) is 9.47 Å². The van der Waals surface area contributed by atoms with Crippen molar-refractivity contribution in [2.75, 3.05) is 33.9 Å². The van der Waals surface area contributed by atoms with Crippen LogP contribution in [-0.2, 0) is 4.74 Å². The van der Waals surface area contributed by atoms with Crippen LogP contribution in [-0.4, -0.2) is 39.9 Å². The lowest BCUT2D eigenvalue weighted by atomic mass is 10.1. The van der Waals surface area contributed by atoms with E-state index in [1.165, 1.54) is 5.56 Å². The predicted molar refractivity (Wildman–Crippen MR) is 107 cm³/mol. The number of rotatable bonds is 8. The zero-order valence-corrected chi connectivity index (χ0v) is 17.1. The normalized spacial score (nSPS) is 12.5. The number of halogens is 1. The summed E-state index contributed by atoms with van der Waals surface area (Å²) in [5.74, 6) is 2.21. The lowest BCUT2D eigenvalue weighted by molar-refractivity contribution is 0.203. The van der Waals surface area contributed by atoms with Crippen molar-refractivity contribution in [2.45, 2.75) is 26.8 Å². The third-order valence-corrected chi connectivity index (χ3v) is 3.14. The molecule has 2 N–H and O–H groups in total. The topological polar surface area (TPSA) is 54.9 Å². The summed E-state index contributed by atoms with van der Waals surface area (Å²) < 4.78 is 10.7. The molecule has 23 heavy (non-hydrogen) atoms. The number of benzene rings is 1. The molecule has 5 nitrogen and oxygen atoms in total. The minimum atomic E-state index is 0. The molecule has 0 spiro atoms.